The maximum atomic E-state index is 5.94. The number of nitrogens with one attached hydrogen (secondary N) is 1. The van der Waals surface area contributed by atoms with E-state index in [4.69, 9.17) is 18.9 Å². The standard InChI is InChI=1S/C26H27N3O4S/c1-17-9-10-20(13-18(17)2)32-11-12-33-25-22(30-3)14-19(15-23(25)31-4)16-27-29-26-28-21-7-5-6-8-24(21)34-26/h5-10,13-16H,11-12H2,1-4H3,(H,28,29)/b27-16-. The third-order valence-corrected chi connectivity index (χ3v) is 6.17. The molecule has 0 fully saturated rings. The van der Waals surface area contributed by atoms with Crippen molar-refractivity contribution in [2.45, 2.75) is 13.8 Å². The largest absolute Gasteiger partial charge is 0.493 e. The number of benzene rings is 3. The van der Waals surface area contributed by atoms with Gasteiger partial charge in [-0.3, -0.25) is 5.43 Å². The molecule has 176 valence electrons. The van der Waals surface area contributed by atoms with Gasteiger partial charge in [0.1, 0.15) is 19.0 Å². The molecule has 3 aromatic carbocycles. The summed E-state index contributed by atoms with van der Waals surface area (Å²) in [6.07, 6.45) is 1.68. The van der Waals surface area contributed by atoms with E-state index in [9.17, 15) is 0 Å². The Morgan fingerprint density at radius 1 is 0.912 bits per heavy atom. The SMILES string of the molecule is COc1cc(/C=N\Nc2nc3ccccc3s2)cc(OC)c1OCCOc1ccc(C)c(C)c1. The van der Waals surface area contributed by atoms with Crippen LogP contribution in [0.15, 0.2) is 59.7 Å². The molecule has 8 heteroatoms. The van der Waals surface area contributed by atoms with Crippen LogP contribution in [-0.4, -0.2) is 38.6 Å². The number of nitrogens with zero attached hydrogens (tertiary/aromatic N) is 2. The molecular weight excluding hydrogens is 450 g/mol. The van der Waals surface area contributed by atoms with E-state index >= 15 is 0 Å². The molecule has 1 heterocycles. The lowest BCUT2D eigenvalue weighted by atomic mass is 10.1. The molecule has 7 nitrogen and oxygen atoms in total. The van der Waals surface area contributed by atoms with Crippen LogP contribution in [0.5, 0.6) is 23.0 Å². The maximum Gasteiger partial charge on any atom is 0.204 e. The molecule has 4 aromatic rings. The van der Waals surface area contributed by atoms with Crippen molar-refractivity contribution in [1.29, 1.82) is 0 Å². The number of hydrazone groups is 1. The topological polar surface area (TPSA) is 74.2 Å². The van der Waals surface area contributed by atoms with Gasteiger partial charge in [0.2, 0.25) is 10.9 Å². The van der Waals surface area contributed by atoms with Crippen molar-refractivity contribution >= 4 is 32.9 Å². The summed E-state index contributed by atoms with van der Waals surface area (Å²) in [6.45, 7) is 4.87. The Kier molecular flexibility index (Phi) is 7.49. The van der Waals surface area contributed by atoms with Crippen LogP contribution in [0, 0.1) is 13.8 Å². The maximum absolute atomic E-state index is 5.94. The lowest BCUT2D eigenvalue weighted by Crippen LogP contribution is -2.10. The minimum absolute atomic E-state index is 0.340. The number of rotatable bonds is 10. The van der Waals surface area contributed by atoms with Gasteiger partial charge in [0.25, 0.3) is 0 Å². The third kappa shape index (κ3) is 5.58. The van der Waals surface area contributed by atoms with E-state index in [0.29, 0.717) is 30.5 Å². The normalized spacial score (nSPS) is 11.1. The molecule has 0 spiro atoms. The Morgan fingerprint density at radius 3 is 2.35 bits per heavy atom. The monoisotopic (exact) mass is 477 g/mol. The first kappa shape index (κ1) is 23.4. The molecule has 0 aliphatic heterocycles. The van der Waals surface area contributed by atoms with Crippen molar-refractivity contribution in [1.82, 2.24) is 4.98 Å². The van der Waals surface area contributed by atoms with E-state index in [1.807, 2.05) is 54.6 Å². The number of thiazole rings is 1. The van der Waals surface area contributed by atoms with Crippen molar-refractivity contribution < 1.29 is 18.9 Å². The van der Waals surface area contributed by atoms with Crippen molar-refractivity contribution in [3.8, 4) is 23.0 Å². The van der Waals surface area contributed by atoms with Gasteiger partial charge < -0.3 is 18.9 Å². The Labute approximate surface area is 203 Å². The van der Waals surface area contributed by atoms with Gasteiger partial charge in [-0.15, -0.1) is 0 Å². The Hall–Kier alpha value is -3.78. The highest BCUT2D eigenvalue weighted by Gasteiger charge is 2.14. The average Bonchev–Trinajstić information content (AvgIpc) is 3.27. The minimum Gasteiger partial charge on any atom is -0.493 e. The Bertz CT molecular complexity index is 1240. The van der Waals surface area contributed by atoms with E-state index in [-0.39, 0.29) is 0 Å². The van der Waals surface area contributed by atoms with Crippen LogP contribution < -0.4 is 24.4 Å². The summed E-state index contributed by atoms with van der Waals surface area (Å²) in [5.74, 6) is 2.43. The van der Waals surface area contributed by atoms with E-state index in [1.165, 1.54) is 11.1 Å². The molecule has 4 rings (SSSR count). The summed E-state index contributed by atoms with van der Waals surface area (Å²) in [6, 6.07) is 17.7. The highest BCUT2D eigenvalue weighted by Crippen LogP contribution is 2.38. The van der Waals surface area contributed by atoms with Gasteiger partial charge >= 0.3 is 0 Å². The Balaban J connectivity index is 1.40. The molecule has 0 unspecified atom stereocenters. The number of ether oxygens (including phenoxy) is 4. The predicted molar refractivity (Wildman–Crippen MR) is 137 cm³/mol. The third-order valence-electron chi connectivity index (χ3n) is 5.23. The molecule has 0 bridgehead atoms. The Morgan fingerprint density at radius 2 is 1.65 bits per heavy atom. The number of anilines is 1. The van der Waals surface area contributed by atoms with Crippen molar-refractivity contribution in [2.75, 3.05) is 32.9 Å². The number of hydrogen-bond acceptors (Lipinski definition) is 8. The van der Waals surface area contributed by atoms with Crippen LogP contribution in [0.25, 0.3) is 10.2 Å². The number of methoxy groups -OCH3 is 2. The van der Waals surface area contributed by atoms with Crippen molar-refractivity contribution in [2.24, 2.45) is 5.10 Å². The molecule has 0 atom stereocenters. The second kappa shape index (κ2) is 10.9. The molecule has 0 saturated heterocycles. The first-order valence-corrected chi connectivity index (χ1v) is 11.6. The van der Waals surface area contributed by atoms with Gasteiger partial charge in [-0.25, -0.2) is 4.98 Å². The average molecular weight is 478 g/mol. The molecule has 0 aliphatic rings. The van der Waals surface area contributed by atoms with Crippen LogP contribution in [0.1, 0.15) is 16.7 Å². The number of hydrogen-bond donors (Lipinski definition) is 1. The summed E-state index contributed by atoms with van der Waals surface area (Å²) in [7, 11) is 3.18. The highest BCUT2D eigenvalue weighted by molar-refractivity contribution is 7.22. The molecule has 1 N–H and O–H groups in total. The fourth-order valence-corrected chi connectivity index (χ4v) is 4.12. The van der Waals surface area contributed by atoms with Crippen molar-refractivity contribution in [3.05, 3.63) is 71.3 Å². The summed E-state index contributed by atoms with van der Waals surface area (Å²) >= 11 is 1.54. The zero-order valence-electron chi connectivity index (χ0n) is 19.6. The van der Waals surface area contributed by atoms with Crippen molar-refractivity contribution in [3.63, 3.8) is 0 Å². The number of aromatic nitrogens is 1. The van der Waals surface area contributed by atoms with Gasteiger partial charge in [0, 0.05) is 5.56 Å². The number of aryl methyl sites for hydroxylation is 2. The quantitative estimate of drug-likeness (QED) is 0.176. The van der Waals surface area contributed by atoms with E-state index in [2.05, 4.69) is 29.4 Å². The zero-order valence-corrected chi connectivity index (χ0v) is 20.4. The second-order valence-electron chi connectivity index (χ2n) is 7.55. The minimum atomic E-state index is 0.340. The molecule has 0 amide bonds. The number of fused-ring (bicyclic) bond motifs is 1. The summed E-state index contributed by atoms with van der Waals surface area (Å²) in [4.78, 5) is 4.51. The molecule has 34 heavy (non-hydrogen) atoms. The lowest BCUT2D eigenvalue weighted by Gasteiger charge is -2.15. The predicted octanol–water partition coefficient (Wildman–Crippen LogP) is 5.83. The number of para-hydroxylation sites is 1. The molecule has 0 aliphatic carbocycles. The van der Waals surface area contributed by atoms with Gasteiger partial charge in [0.15, 0.2) is 11.5 Å². The molecule has 0 saturated carbocycles. The van der Waals surface area contributed by atoms with Crippen LogP contribution in [0.4, 0.5) is 5.13 Å². The second-order valence-corrected chi connectivity index (χ2v) is 8.58. The van der Waals surface area contributed by atoms with Crippen LogP contribution in [0.2, 0.25) is 0 Å². The van der Waals surface area contributed by atoms with Crippen LogP contribution in [-0.2, 0) is 0 Å². The summed E-state index contributed by atoms with van der Waals surface area (Å²) in [5.41, 5.74) is 7.14. The molecule has 0 radical (unpaired) electrons. The first-order chi connectivity index (χ1) is 16.6. The van der Waals surface area contributed by atoms with Gasteiger partial charge in [0.05, 0.1) is 30.7 Å². The highest BCUT2D eigenvalue weighted by atomic mass is 32.1. The lowest BCUT2D eigenvalue weighted by molar-refractivity contribution is 0.205. The molecule has 1 aromatic heterocycles. The first-order valence-electron chi connectivity index (χ1n) is 10.8. The van der Waals surface area contributed by atoms with Crippen LogP contribution >= 0.6 is 11.3 Å². The summed E-state index contributed by atoms with van der Waals surface area (Å²) < 4.78 is 23.9. The molecular formula is C26H27N3O4S. The zero-order chi connectivity index (χ0) is 23.9. The fourth-order valence-electron chi connectivity index (χ4n) is 3.31. The fraction of sp³-hybridized carbons (Fsp3) is 0.231. The van der Waals surface area contributed by atoms with E-state index in [1.54, 1.807) is 31.8 Å². The van der Waals surface area contributed by atoms with E-state index < -0.39 is 0 Å². The summed E-state index contributed by atoms with van der Waals surface area (Å²) in [5, 5.41) is 5.03. The smallest absolute Gasteiger partial charge is 0.204 e. The van der Waals surface area contributed by atoms with Gasteiger partial charge in [-0.2, -0.15) is 5.10 Å². The van der Waals surface area contributed by atoms with Gasteiger partial charge in [-0.05, 0) is 61.4 Å². The van der Waals surface area contributed by atoms with Crippen LogP contribution in [0.3, 0.4) is 0 Å². The van der Waals surface area contributed by atoms with E-state index in [0.717, 1.165) is 26.7 Å². The van der Waals surface area contributed by atoms with Gasteiger partial charge in [-0.1, -0.05) is 29.5 Å².